The molecule has 0 aromatic heterocycles. The maximum absolute atomic E-state index is 11.4. The molecule has 4 aromatic carbocycles. The lowest BCUT2D eigenvalue weighted by Gasteiger charge is -2.26. The Balaban J connectivity index is 2.20. The van der Waals surface area contributed by atoms with Crippen molar-refractivity contribution < 1.29 is 29.7 Å². The molecule has 0 spiro atoms. The van der Waals surface area contributed by atoms with Crippen LogP contribution < -0.4 is 0 Å². The summed E-state index contributed by atoms with van der Waals surface area (Å²) in [4.78, 5) is 34.3. The van der Waals surface area contributed by atoms with Crippen LogP contribution in [0.25, 0.3) is 33.4 Å². The fraction of sp³-hybridized carbons (Fsp3) is 0.182. The van der Waals surface area contributed by atoms with Crippen molar-refractivity contribution in [3.63, 3.8) is 0 Å². The minimum absolute atomic E-state index is 0.278. The summed E-state index contributed by atoms with van der Waals surface area (Å²) in [6.07, 6.45) is 2.21. The van der Waals surface area contributed by atoms with Crippen LogP contribution in [0.5, 0.6) is 0 Å². The highest BCUT2D eigenvalue weighted by Gasteiger charge is 2.24. The predicted molar refractivity (Wildman–Crippen MR) is 151 cm³/mol. The van der Waals surface area contributed by atoms with E-state index in [9.17, 15) is 29.7 Å². The van der Waals surface area contributed by atoms with Crippen molar-refractivity contribution in [2.75, 3.05) is 0 Å². The van der Waals surface area contributed by atoms with E-state index in [1.807, 2.05) is 39.0 Å². The largest absolute Gasteiger partial charge is 0.392 e. The molecule has 0 fully saturated rings. The summed E-state index contributed by atoms with van der Waals surface area (Å²) in [7, 11) is 0. The zero-order valence-corrected chi connectivity index (χ0v) is 22.1. The van der Waals surface area contributed by atoms with Crippen LogP contribution in [0.2, 0.25) is 0 Å². The summed E-state index contributed by atoms with van der Waals surface area (Å²) in [6.45, 7) is 5.09. The highest BCUT2D eigenvalue weighted by molar-refractivity contribution is 5.94. The van der Waals surface area contributed by atoms with Gasteiger partial charge in [-0.15, -0.1) is 0 Å². The van der Waals surface area contributed by atoms with E-state index in [2.05, 4.69) is 0 Å². The normalized spacial score (nSPS) is 10.9. The fourth-order valence-electron chi connectivity index (χ4n) is 5.62. The highest BCUT2D eigenvalue weighted by atomic mass is 16.3. The molecule has 0 bridgehead atoms. The molecule has 0 saturated heterocycles. The highest BCUT2D eigenvalue weighted by Crippen LogP contribution is 2.46. The van der Waals surface area contributed by atoms with Gasteiger partial charge in [-0.25, -0.2) is 0 Å². The van der Waals surface area contributed by atoms with Crippen molar-refractivity contribution >= 4 is 18.9 Å². The molecule has 0 heterocycles. The number of aliphatic hydroxyl groups is 3. The van der Waals surface area contributed by atoms with Gasteiger partial charge in [0, 0.05) is 16.7 Å². The molecule has 0 unspecified atom stereocenters. The minimum Gasteiger partial charge on any atom is -0.392 e. The average molecular weight is 523 g/mol. The second-order valence-corrected chi connectivity index (χ2v) is 9.58. The van der Waals surface area contributed by atoms with E-state index in [1.165, 1.54) is 0 Å². The van der Waals surface area contributed by atoms with Crippen molar-refractivity contribution in [3.05, 3.63) is 105 Å². The fourth-order valence-corrected chi connectivity index (χ4v) is 5.62. The molecule has 0 aliphatic rings. The number of carbonyl (C=O) groups excluding carboxylic acids is 3. The average Bonchev–Trinajstić information content (AvgIpc) is 2.97. The van der Waals surface area contributed by atoms with Gasteiger partial charge in [0.15, 0.2) is 0 Å². The Morgan fingerprint density at radius 1 is 0.487 bits per heavy atom. The van der Waals surface area contributed by atoms with Crippen LogP contribution in [-0.2, 0) is 19.8 Å². The first-order valence-corrected chi connectivity index (χ1v) is 12.5. The molecule has 4 rings (SSSR count). The number of rotatable bonds is 9. The lowest BCUT2D eigenvalue weighted by atomic mass is 9.78. The Hall–Kier alpha value is -4.23. The molecule has 0 aliphatic heterocycles. The van der Waals surface area contributed by atoms with Crippen LogP contribution in [0.3, 0.4) is 0 Å². The molecule has 198 valence electrons. The number of hydrogen-bond acceptors (Lipinski definition) is 6. The molecule has 3 N–H and O–H groups in total. The molecule has 4 aromatic rings. The van der Waals surface area contributed by atoms with Gasteiger partial charge >= 0.3 is 0 Å². The third kappa shape index (κ3) is 4.98. The van der Waals surface area contributed by atoms with Crippen LogP contribution in [0.1, 0.15) is 64.5 Å². The van der Waals surface area contributed by atoms with E-state index in [0.717, 1.165) is 68.9 Å². The maximum Gasteiger partial charge on any atom is 0.150 e. The Morgan fingerprint density at radius 3 is 0.949 bits per heavy atom. The number of carbonyl (C=O) groups is 3. The van der Waals surface area contributed by atoms with Gasteiger partial charge < -0.3 is 15.3 Å². The van der Waals surface area contributed by atoms with E-state index >= 15 is 0 Å². The van der Waals surface area contributed by atoms with E-state index in [-0.39, 0.29) is 19.8 Å². The van der Waals surface area contributed by atoms with Crippen molar-refractivity contribution in [1.82, 2.24) is 0 Å². The van der Waals surface area contributed by atoms with Crippen LogP contribution >= 0.6 is 0 Å². The summed E-state index contributed by atoms with van der Waals surface area (Å²) in [5, 5.41) is 30.7. The summed E-state index contributed by atoms with van der Waals surface area (Å²) in [6, 6.07) is 15.6. The first kappa shape index (κ1) is 27.8. The smallest absolute Gasteiger partial charge is 0.150 e. The minimum atomic E-state index is -0.278. The van der Waals surface area contributed by atoms with Crippen LogP contribution in [0.4, 0.5) is 0 Å². The van der Waals surface area contributed by atoms with Gasteiger partial charge in [-0.05, 0) is 106 Å². The molecule has 6 nitrogen and oxygen atoms in total. The van der Waals surface area contributed by atoms with Gasteiger partial charge in [0.05, 0.1) is 19.8 Å². The second kappa shape index (κ2) is 11.7. The molecule has 0 saturated carbocycles. The van der Waals surface area contributed by atoms with E-state index < -0.39 is 0 Å². The van der Waals surface area contributed by atoms with Crippen molar-refractivity contribution in [2.45, 2.75) is 40.6 Å². The van der Waals surface area contributed by atoms with Gasteiger partial charge in [0.25, 0.3) is 0 Å². The third-order valence-corrected chi connectivity index (χ3v) is 7.37. The van der Waals surface area contributed by atoms with Crippen LogP contribution in [-0.4, -0.2) is 34.2 Å². The monoisotopic (exact) mass is 522 g/mol. The third-order valence-electron chi connectivity index (χ3n) is 7.37. The summed E-state index contributed by atoms with van der Waals surface area (Å²) in [5.74, 6) is 0. The maximum atomic E-state index is 11.4. The van der Waals surface area contributed by atoms with Gasteiger partial charge in [-0.2, -0.15) is 0 Å². The Labute approximate surface area is 227 Å². The molecular weight excluding hydrogens is 492 g/mol. The number of benzene rings is 4. The SMILES string of the molecule is Cc1c(-c2ccc(C=O)cc2CO)c(C)c(-c2ccc(C=O)cc2CO)c(C)c1-c1ccc(C=O)cc1CO. The Kier molecular flexibility index (Phi) is 8.31. The first-order valence-electron chi connectivity index (χ1n) is 12.5. The Morgan fingerprint density at radius 2 is 0.744 bits per heavy atom. The van der Waals surface area contributed by atoms with Crippen LogP contribution in [0.15, 0.2) is 54.6 Å². The lowest BCUT2D eigenvalue weighted by Crippen LogP contribution is -2.05. The van der Waals surface area contributed by atoms with E-state index in [4.69, 9.17) is 0 Å². The van der Waals surface area contributed by atoms with Crippen molar-refractivity contribution in [3.8, 4) is 33.4 Å². The molecule has 39 heavy (non-hydrogen) atoms. The first-order chi connectivity index (χ1) is 18.8. The number of aldehydes is 3. The quantitative estimate of drug-likeness (QED) is 0.249. The van der Waals surface area contributed by atoms with Gasteiger partial charge in [0.1, 0.15) is 18.9 Å². The summed E-state index contributed by atoms with van der Waals surface area (Å²) < 4.78 is 0. The topological polar surface area (TPSA) is 112 Å². The van der Waals surface area contributed by atoms with Crippen molar-refractivity contribution in [1.29, 1.82) is 0 Å². The van der Waals surface area contributed by atoms with E-state index in [0.29, 0.717) is 33.4 Å². The van der Waals surface area contributed by atoms with Gasteiger partial charge in [0.2, 0.25) is 0 Å². The number of aliphatic hydroxyl groups excluding tert-OH is 3. The summed E-state index contributed by atoms with van der Waals surface area (Å²) >= 11 is 0. The predicted octanol–water partition coefficient (Wildman–Crippen LogP) is 5.53. The molecule has 0 aliphatic carbocycles. The zero-order chi connectivity index (χ0) is 28.3. The number of hydrogen-bond donors (Lipinski definition) is 3. The zero-order valence-electron chi connectivity index (χ0n) is 22.1. The molecule has 6 heteroatoms. The molecule has 0 atom stereocenters. The standard InChI is InChI=1S/C33H30O6/c1-19-31(28-7-4-22(13-34)10-25(28)16-37)20(2)33(30-9-6-24(15-36)12-27(30)18-39)21(3)32(19)29-8-5-23(14-35)11-26(29)17-38/h4-15,37-39H,16-18H2,1-3H3. The van der Waals surface area contributed by atoms with Crippen LogP contribution in [0, 0.1) is 20.8 Å². The van der Waals surface area contributed by atoms with E-state index in [1.54, 1.807) is 36.4 Å². The molecule has 0 amide bonds. The lowest BCUT2D eigenvalue weighted by molar-refractivity contribution is 0.111. The van der Waals surface area contributed by atoms with Gasteiger partial charge in [-0.3, -0.25) is 14.4 Å². The molecule has 0 radical (unpaired) electrons. The Bertz CT molecular complexity index is 1390. The molecular formula is C33H30O6. The summed E-state index contributed by atoms with van der Waals surface area (Å²) in [5.41, 5.74) is 10.6. The second-order valence-electron chi connectivity index (χ2n) is 9.58. The van der Waals surface area contributed by atoms with Gasteiger partial charge in [-0.1, -0.05) is 36.4 Å². The van der Waals surface area contributed by atoms with Crippen molar-refractivity contribution in [2.24, 2.45) is 0 Å².